The Bertz CT molecular complexity index is 956. The predicted molar refractivity (Wildman–Crippen MR) is 104 cm³/mol. The number of carbonyl (C=O) groups excluding carboxylic acids is 1. The number of anilines is 1. The second-order valence-electron chi connectivity index (χ2n) is 7.40. The van der Waals surface area contributed by atoms with Crippen LogP contribution in [0.25, 0.3) is 0 Å². The lowest BCUT2D eigenvalue weighted by Gasteiger charge is -2.27. The van der Waals surface area contributed by atoms with Gasteiger partial charge in [0.1, 0.15) is 12.4 Å². The van der Waals surface area contributed by atoms with E-state index in [1.54, 1.807) is 28.0 Å². The molecule has 0 spiro atoms. The van der Waals surface area contributed by atoms with E-state index in [2.05, 4.69) is 15.8 Å². The van der Waals surface area contributed by atoms with E-state index in [-0.39, 0.29) is 24.4 Å². The lowest BCUT2D eigenvalue weighted by atomic mass is 9.92. The number of methoxy groups -OCH3 is 1. The smallest absolute Gasteiger partial charge is 0.326 e. The van der Waals surface area contributed by atoms with Crippen molar-refractivity contribution in [2.75, 3.05) is 38.3 Å². The van der Waals surface area contributed by atoms with Gasteiger partial charge in [-0.2, -0.15) is 4.98 Å². The molecule has 29 heavy (non-hydrogen) atoms. The highest BCUT2D eigenvalue weighted by molar-refractivity contribution is 5.93. The molecule has 3 aliphatic rings. The van der Waals surface area contributed by atoms with Crippen molar-refractivity contribution in [3.63, 3.8) is 0 Å². The van der Waals surface area contributed by atoms with E-state index < -0.39 is 5.82 Å². The number of nitrogens with zero attached hydrogens (tertiary/aromatic N) is 3. The molecule has 1 aromatic heterocycles. The van der Waals surface area contributed by atoms with Gasteiger partial charge in [0.15, 0.2) is 11.6 Å². The Kier molecular flexibility index (Phi) is 4.48. The minimum atomic E-state index is -0.435. The number of benzene rings is 1. The van der Waals surface area contributed by atoms with Crippen LogP contribution in [0.2, 0.25) is 0 Å². The molecule has 3 aliphatic heterocycles. The molecule has 2 aromatic rings. The number of rotatable bonds is 4. The van der Waals surface area contributed by atoms with Crippen LogP contribution in [0.15, 0.2) is 30.3 Å². The van der Waals surface area contributed by atoms with Crippen LogP contribution in [0, 0.1) is 5.82 Å². The number of fused-ring (bicyclic) bond motifs is 3. The summed E-state index contributed by atoms with van der Waals surface area (Å²) in [5.74, 6) is 1.18. The first-order valence-electron chi connectivity index (χ1n) is 9.65. The zero-order valence-corrected chi connectivity index (χ0v) is 16.0. The molecule has 0 aliphatic carbocycles. The molecule has 2 unspecified atom stereocenters. The molecule has 152 valence electrons. The minimum absolute atomic E-state index is 0.175. The Hall–Kier alpha value is -2.91. The van der Waals surface area contributed by atoms with Crippen LogP contribution < -0.4 is 25.2 Å². The molecule has 0 radical (unpaired) electrons. The molecule has 8 nitrogen and oxygen atoms in total. The SMILES string of the molecule is COc1cccc(CN2CCN(c3ccc4c(n3)OCC3NNCC43)C2=O)c1F. The lowest BCUT2D eigenvalue weighted by Crippen LogP contribution is -2.39. The van der Waals surface area contributed by atoms with Crippen molar-refractivity contribution >= 4 is 11.8 Å². The number of amides is 2. The zero-order chi connectivity index (χ0) is 20.0. The van der Waals surface area contributed by atoms with E-state index in [0.29, 0.717) is 42.9 Å². The van der Waals surface area contributed by atoms with E-state index in [0.717, 1.165) is 12.1 Å². The van der Waals surface area contributed by atoms with E-state index in [1.165, 1.54) is 7.11 Å². The van der Waals surface area contributed by atoms with Crippen molar-refractivity contribution in [1.29, 1.82) is 0 Å². The van der Waals surface area contributed by atoms with Crippen LogP contribution in [0.4, 0.5) is 15.0 Å². The molecule has 1 aromatic carbocycles. The summed E-state index contributed by atoms with van der Waals surface area (Å²) in [6, 6.07) is 8.83. The number of nitrogens with one attached hydrogen (secondary N) is 2. The van der Waals surface area contributed by atoms with Gasteiger partial charge in [-0.05, 0) is 18.2 Å². The highest BCUT2D eigenvalue weighted by Crippen LogP contribution is 2.35. The summed E-state index contributed by atoms with van der Waals surface area (Å²) < 4.78 is 25.3. The van der Waals surface area contributed by atoms with E-state index in [4.69, 9.17) is 9.47 Å². The number of hydrazine groups is 1. The monoisotopic (exact) mass is 399 g/mol. The molecule has 0 saturated carbocycles. The van der Waals surface area contributed by atoms with Gasteiger partial charge in [-0.3, -0.25) is 15.8 Å². The molecule has 2 atom stereocenters. The number of halogens is 1. The maximum Gasteiger partial charge on any atom is 0.326 e. The van der Waals surface area contributed by atoms with Crippen molar-refractivity contribution in [3.8, 4) is 11.6 Å². The van der Waals surface area contributed by atoms with Crippen LogP contribution in [0.3, 0.4) is 0 Å². The maximum atomic E-state index is 14.5. The molecule has 2 N–H and O–H groups in total. The first-order valence-corrected chi connectivity index (χ1v) is 9.65. The maximum absolute atomic E-state index is 14.5. The third-order valence-electron chi connectivity index (χ3n) is 5.77. The van der Waals surface area contributed by atoms with Crippen LogP contribution >= 0.6 is 0 Å². The normalized spacial score (nSPS) is 23.0. The van der Waals surface area contributed by atoms with Gasteiger partial charge in [-0.25, -0.2) is 9.18 Å². The topological polar surface area (TPSA) is 79.0 Å². The number of hydrogen-bond acceptors (Lipinski definition) is 6. The van der Waals surface area contributed by atoms with E-state index in [1.807, 2.05) is 12.1 Å². The van der Waals surface area contributed by atoms with Crippen molar-refractivity contribution < 1.29 is 18.7 Å². The fraction of sp³-hybridized carbons (Fsp3) is 0.400. The van der Waals surface area contributed by atoms with Crippen molar-refractivity contribution in [2.45, 2.75) is 18.5 Å². The third kappa shape index (κ3) is 3.06. The minimum Gasteiger partial charge on any atom is -0.494 e. The lowest BCUT2D eigenvalue weighted by molar-refractivity contribution is 0.217. The van der Waals surface area contributed by atoms with Gasteiger partial charge in [0.2, 0.25) is 5.88 Å². The fourth-order valence-electron chi connectivity index (χ4n) is 4.17. The van der Waals surface area contributed by atoms with Crippen LogP contribution in [0.1, 0.15) is 17.0 Å². The quantitative estimate of drug-likeness (QED) is 0.814. The highest BCUT2D eigenvalue weighted by Gasteiger charge is 2.37. The largest absolute Gasteiger partial charge is 0.494 e. The summed E-state index contributed by atoms with van der Waals surface area (Å²) >= 11 is 0. The highest BCUT2D eigenvalue weighted by atomic mass is 19.1. The summed E-state index contributed by atoms with van der Waals surface area (Å²) in [4.78, 5) is 20.7. The van der Waals surface area contributed by atoms with Crippen LogP contribution in [-0.4, -0.2) is 55.3 Å². The second kappa shape index (κ2) is 7.16. The predicted octanol–water partition coefficient (Wildman–Crippen LogP) is 1.62. The van der Waals surface area contributed by atoms with Crippen molar-refractivity contribution in [3.05, 3.63) is 47.3 Å². The standard InChI is InChI=1S/C20H22FN5O3/c1-28-16-4-2-3-12(18(16)21)10-25-7-8-26(20(25)27)17-6-5-13-14-9-22-24-15(14)11-29-19(13)23-17/h2-6,14-15,22,24H,7-11H2,1H3. The van der Waals surface area contributed by atoms with Gasteiger partial charge in [0.25, 0.3) is 0 Å². The Labute approximate surface area is 167 Å². The Morgan fingerprint density at radius 1 is 1.31 bits per heavy atom. The number of aromatic nitrogens is 1. The first kappa shape index (κ1) is 18.1. The van der Waals surface area contributed by atoms with Gasteiger partial charge in [0, 0.05) is 36.7 Å². The molecule has 4 heterocycles. The summed E-state index contributed by atoms with van der Waals surface area (Å²) in [6.07, 6.45) is 0. The molecule has 0 bridgehead atoms. The Morgan fingerprint density at radius 2 is 2.21 bits per heavy atom. The van der Waals surface area contributed by atoms with Gasteiger partial charge in [-0.15, -0.1) is 0 Å². The van der Waals surface area contributed by atoms with Gasteiger partial charge in [0.05, 0.1) is 19.7 Å². The molecule has 2 amide bonds. The molecule has 2 fully saturated rings. The van der Waals surface area contributed by atoms with Gasteiger partial charge in [-0.1, -0.05) is 12.1 Å². The molecular weight excluding hydrogens is 377 g/mol. The fourth-order valence-corrected chi connectivity index (χ4v) is 4.17. The Morgan fingerprint density at radius 3 is 3.07 bits per heavy atom. The summed E-state index contributed by atoms with van der Waals surface area (Å²) in [5.41, 5.74) is 7.83. The summed E-state index contributed by atoms with van der Waals surface area (Å²) in [7, 11) is 1.43. The molecule has 9 heteroatoms. The molecule has 5 rings (SSSR count). The van der Waals surface area contributed by atoms with Gasteiger partial charge < -0.3 is 14.4 Å². The average Bonchev–Trinajstić information content (AvgIpc) is 3.36. The van der Waals surface area contributed by atoms with Crippen LogP contribution in [-0.2, 0) is 6.54 Å². The number of pyridine rings is 1. The van der Waals surface area contributed by atoms with E-state index >= 15 is 0 Å². The summed E-state index contributed by atoms with van der Waals surface area (Å²) in [5, 5.41) is 0. The number of hydrogen-bond donors (Lipinski definition) is 2. The third-order valence-corrected chi connectivity index (χ3v) is 5.77. The molecule has 2 saturated heterocycles. The summed E-state index contributed by atoms with van der Waals surface area (Å²) in [6.45, 7) is 2.53. The van der Waals surface area contributed by atoms with E-state index in [9.17, 15) is 9.18 Å². The van der Waals surface area contributed by atoms with Crippen molar-refractivity contribution in [1.82, 2.24) is 20.7 Å². The number of urea groups is 1. The second-order valence-corrected chi connectivity index (χ2v) is 7.40. The first-order chi connectivity index (χ1) is 14.2. The average molecular weight is 399 g/mol. The van der Waals surface area contributed by atoms with Gasteiger partial charge >= 0.3 is 6.03 Å². The number of ether oxygens (including phenoxy) is 2. The van der Waals surface area contributed by atoms with Crippen molar-refractivity contribution in [2.24, 2.45) is 0 Å². The van der Waals surface area contributed by atoms with Crippen LogP contribution in [0.5, 0.6) is 11.6 Å². The Balaban J connectivity index is 1.34. The zero-order valence-electron chi connectivity index (χ0n) is 16.0. The molecular formula is C20H22FN5O3. The number of carbonyl (C=O) groups is 1.